The molecule has 4 rings (SSSR count). The Balaban J connectivity index is 1.67. The molecule has 6 heteroatoms. The van der Waals surface area contributed by atoms with Crippen LogP contribution in [-0.2, 0) is 0 Å². The number of amides is 1. The molecule has 1 aromatic carbocycles. The van der Waals surface area contributed by atoms with Crippen molar-refractivity contribution in [1.82, 2.24) is 9.97 Å². The maximum Gasteiger partial charge on any atom is 0.269 e. The number of carbonyl (C=O) groups excluding carboxylic acids is 1. The Morgan fingerprint density at radius 2 is 1.74 bits per heavy atom. The molecule has 1 amide bonds. The van der Waals surface area contributed by atoms with Gasteiger partial charge in [0.2, 0.25) is 0 Å². The van der Waals surface area contributed by atoms with Gasteiger partial charge in [0.1, 0.15) is 15.5 Å². The highest BCUT2D eigenvalue weighted by Gasteiger charge is 2.18. The number of aryl methyl sites for hydroxylation is 2. The van der Waals surface area contributed by atoms with E-state index in [4.69, 9.17) is 10.7 Å². The van der Waals surface area contributed by atoms with Gasteiger partial charge >= 0.3 is 0 Å². The number of fused-ring (bicyclic) bond motifs is 1. The Labute approximate surface area is 160 Å². The molecule has 0 fully saturated rings. The van der Waals surface area contributed by atoms with Crippen LogP contribution in [0.4, 0.5) is 11.5 Å². The van der Waals surface area contributed by atoms with E-state index in [1.54, 1.807) is 12.3 Å². The van der Waals surface area contributed by atoms with Gasteiger partial charge in [-0.05, 0) is 37.6 Å². The molecular weight excluding hydrogens is 356 g/mol. The molecule has 0 saturated carbocycles. The van der Waals surface area contributed by atoms with Gasteiger partial charge in [-0.15, -0.1) is 11.3 Å². The molecule has 0 saturated heterocycles. The molecular formula is C21H18N4OS. The van der Waals surface area contributed by atoms with Crippen LogP contribution in [0.15, 0.2) is 54.7 Å². The fourth-order valence-corrected chi connectivity index (χ4v) is 3.75. The number of rotatable bonds is 3. The standard InChI is InChI=1S/C21H18N4OS/c1-12-3-6-14(7-4-12)16-9-8-15-18(22)19(27-21(15)24-16)20(26)25-17-10-5-13(2)11-23-17/h3-11H,22H2,1-2H3,(H,23,25,26). The third-order valence-electron chi connectivity index (χ3n) is 4.30. The fraction of sp³-hybridized carbons (Fsp3) is 0.0952. The number of carbonyl (C=O) groups is 1. The van der Waals surface area contributed by atoms with Crippen LogP contribution in [0, 0.1) is 13.8 Å². The first-order chi connectivity index (χ1) is 13.0. The van der Waals surface area contributed by atoms with Gasteiger partial charge in [-0.25, -0.2) is 9.97 Å². The van der Waals surface area contributed by atoms with E-state index < -0.39 is 0 Å². The second kappa shape index (κ2) is 6.81. The third kappa shape index (κ3) is 3.39. The topological polar surface area (TPSA) is 80.9 Å². The normalized spacial score (nSPS) is 10.9. The molecule has 0 aliphatic carbocycles. The van der Waals surface area contributed by atoms with Crippen molar-refractivity contribution in [3.8, 4) is 11.3 Å². The summed E-state index contributed by atoms with van der Waals surface area (Å²) in [4.78, 5) is 22.7. The van der Waals surface area contributed by atoms with Gasteiger partial charge < -0.3 is 11.1 Å². The van der Waals surface area contributed by atoms with Gasteiger partial charge in [-0.3, -0.25) is 4.79 Å². The summed E-state index contributed by atoms with van der Waals surface area (Å²) in [6.07, 6.45) is 1.71. The van der Waals surface area contributed by atoms with Crippen LogP contribution in [-0.4, -0.2) is 15.9 Å². The molecule has 0 bridgehead atoms. The average molecular weight is 374 g/mol. The maximum atomic E-state index is 12.6. The van der Waals surface area contributed by atoms with E-state index in [1.165, 1.54) is 16.9 Å². The van der Waals surface area contributed by atoms with Crippen molar-refractivity contribution >= 4 is 39.0 Å². The smallest absolute Gasteiger partial charge is 0.269 e. The number of pyridine rings is 2. The number of hydrogen-bond donors (Lipinski definition) is 2. The summed E-state index contributed by atoms with van der Waals surface area (Å²) < 4.78 is 0. The molecule has 3 aromatic heterocycles. The van der Waals surface area contributed by atoms with Gasteiger partial charge in [0.05, 0.1) is 11.4 Å². The highest BCUT2D eigenvalue weighted by molar-refractivity contribution is 7.21. The van der Waals surface area contributed by atoms with Gasteiger partial charge in [-0.2, -0.15) is 0 Å². The molecule has 134 valence electrons. The van der Waals surface area contributed by atoms with Crippen LogP contribution in [0.2, 0.25) is 0 Å². The van der Waals surface area contributed by atoms with Crippen LogP contribution >= 0.6 is 11.3 Å². The molecule has 27 heavy (non-hydrogen) atoms. The number of nitrogen functional groups attached to an aromatic ring is 1. The van der Waals surface area contributed by atoms with E-state index in [0.29, 0.717) is 16.4 Å². The van der Waals surface area contributed by atoms with E-state index in [0.717, 1.165) is 27.0 Å². The molecule has 0 unspecified atom stereocenters. The van der Waals surface area contributed by atoms with Crippen molar-refractivity contribution in [1.29, 1.82) is 0 Å². The summed E-state index contributed by atoms with van der Waals surface area (Å²) in [6.45, 7) is 3.99. The number of nitrogens with one attached hydrogen (secondary N) is 1. The van der Waals surface area contributed by atoms with Gasteiger partial charge in [-0.1, -0.05) is 35.9 Å². The van der Waals surface area contributed by atoms with Crippen LogP contribution in [0.25, 0.3) is 21.5 Å². The van der Waals surface area contributed by atoms with E-state index >= 15 is 0 Å². The fourth-order valence-electron chi connectivity index (χ4n) is 2.77. The predicted octanol–water partition coefficient (Wildman–Crippen LogP) is 4.81. The zero-order chi connectivity index (χ0) is 19.0. The average Bonchev–Trinajstić information content (AvgIpc) is 3.00. The van der Waals surface area contributed by atoms with Crippen LogP contribution in [0.3, 0.4) is 0 Å². The summed E-state index contributed by atoms with van der Waals surface area (Å²) in [6, 6.07) is 15.7. The quantitative estimate of drug-likeness (QED) is 0.539. The van der Waals surface area contributed by atoms with E-state index in [9.17, 15) is 4.79 Å². The molecule has 0 aliphatic rings. The van der Waals surface area contributed by atoms with Crippen LogP contribution in [0.5, 0.6) is 0 Å². The molecule has 0 aliphatic heterocycles. The lowest BCUT2D eigenvalue weighted by Crippen LogP contribution is -2.12. The van der Waals surface area contributed by atoms with Crippen molar-refractivity contribution in [3.05, 3.63) is 70.7 Å². The minimum absolute atomic E-state index is 0.274. The van der Waals surface area contributed by atoms with E-state index in [1.807, 2.05) is 44.2 Å². The lowest BCUT2D eigenvalue weighted by atomic mass is 10.1. The number of hydrogen-bond acceptors (Lipinski definition) is 5. The number of anilines is 2. The number of benzene rings is 1. The summed E-state index contributed by atoms with van der Waals surface area (Å²) in [5.74, 6) is 0.222. The summed E-state index contributed by atoms with van der Waals surface area (Å²) in [5, 5.41) is 3.58. The molecule has 0 radical (unpaired) electrons. The number of nitrogens with zero attached hydrogens (tertiary/aromatic N) is 2. The first-order valence-corrected chi connectivity index (χ1v) is 9.33. The van der Waals surface area contributed by atoms with E-state index in [-0.39, 0.29) is 5.91 Å². The highest BCUT2D eigenvalue weighted by Crippen LogP contribution is 2.34. The van der Waals surface area contributed by atoms with Gasteiger partial charge in [0.25, 0.3) is 5.91 Å². The Bertz CT molecular complexity index is 1130. The minimum atomic E-state index is -0.274. The zero-order valence-electron chi connectivity index (χ0n) is 15.0. The molecule has 3 N–H and O–H groups in total. The van der Waals surface area contributed by atoms with Gasteiger partial charge in [0.15, 0.2) is 0 Å². The predicted molar refractivity (Wildman–Crippen MR) is 111 cm³/mol. The van der Waals surface area contributed by atoms with Crippen molar-refractivity contribution < 1.29 is 4.79 Å². The molecule has 3 heterocycles. The molecule has 5 nitrogen and oxygen atoms in total. The Hall–Kier alpha value is -3.25. The lowest BCUT2D eigenvalue weighted by Gasteiger charge is -2.03. The number of nitrogens with two attached hydrogens (primary N) is 1. The highest BCUT2D eigenvalue weighted by atomic mass is 32.1. The lowest BCUT2D eigenvalue weighted by molar-refractivity contribution is 0.103. The first kappa shape index (κ1) is 17.2. The second-order valence-electron chi connectivity index (χ2n) is 6.44. The van der Waals surface area contributed by atoms with Gasteiger partial charge in [0, 0.05) is 17.1 Å². The largest absolute Gasteiger partial charge is 0.397 e. The number of thiophene rings is 1. The zero-order valence-corrected chi connectivity index (χ0v) is 15.8. The van der Waals surface area contributed by atoms with Crippen molar-refractivity contribution in [2.24, 2.45) is 0 Å². The SMILES string of the molecule is Cc1ccc(-c2ccc3c(N)c(C(=O)Nc4ccc(C)cn4)sc3n2)cc1. The second-order valence-corrected chi connectivity index (χ2v) is 7.43. The minimum Gasteiger partial charge on any atom is -0.397 e. The molecule has 0 atom stereocenters. The molecule has 0 spiro atoms. The Morgan fingerprint density at radius 1 is 1.00 bits per heavy atom. The summed E-state index contributed by atoms with van der Waals surface area (Å²) in [5.41, 5.74) is 10.8. The van der Waals surface area contributed by atoms with Crippen LogP contribution < -0.4 is 11.1 Å². The Morgan fingerprint density at radius 3 is 2.44 bits per heavy atom. The summed E-state index contributed by atoms with van der Waals surface area (Å²) in [7, 11) is 0. The van der Waals surface area contributed by atoms with Crippen molar-refractivity contribution in [2.45, 2.75) is 13.8 Å². The Kier molecular flexibility index (Phi) is 4.33. The van der Waals surface area contributed by atoms with Crippen molar-refractivity contribution in [2.75, 3.05) is 11.1 Å². The monoisotopic (exact) mass is 374 g/mol. The summed E-state index contributed by atoms with van der Waals surface area (Å²) >= 11 is 1.29. The third-order valence-corrected chi connectivity index (χ3v) is 5.41. The maximum absolute atomic E-state index is 12.6. The van der Waals surface area contributed by atoms with Crippen molar-refractivity contribution in [3.63, 3.8) is 0 Å². The van der Waals surface area contributed by atoms with E-state index in [2.05, 4.69) is 22.4 Å². The van der Waals surface area contributed by atoms with Crippen LogP contribution in [0.1, 0.15) is 20.8 Å². The number of aromatic nitrogens is 2. The first-order valence-electron chi connectivity index (χ1n) is 8.51. The molecule has 4 aromatic rings.